The van der Waals surface area contributed by atoms with Crippen molar-refractivity contribution >= 4 is 69.4 Å². The van der Waals surface area contributed by atoms with Gasteiger partial charge >= 0.3 is 41.9 Å². The van der Waals surface area contributed by atoms with Gasteiger partial charge in [-0.3, -0.25) is 21.3 Å². The average molecular weight is 1280 g/mol. The summed E-state index contributed by atoms with van der Waals surface area (Å²) in [4.78, 5) is 32.8. The third-order valence-corrected chi connectivity index (χ3v) is 14.6. The first kappa shape index (κ1) is 76.8. The Morgan fingerprint density at radius 1 is 0.640 bits per heavy atom. The summed E-state index contributed by atoms with van der Waals surface area (Å²) in [5, 5.41) is 7.57. The topological polar surface area (TPSA) is 211 Å². The molecule has 426 valence electrons. The summed E-state index contributed by atoms with van der Waals surface area (Å²) in [6.07, 6.45) is 0.572. The molecule has 3 fully saturated rings. The summed E-state index contributed by atoms with van der Waals surface area (Å²) in [6, 6.07) is 18.0. The number of halogens is 2. The molecular formula is C55H91Br2N3O12S2Zn. The number of aryl methyl sites for hydroxylation is 3. The van der Waals surface area contributed by atoms with Crippen LogP contribution in [0.25, 0.3) is 0 Å². The van der Waals surface area contributed by atoms with Crippen molar-refractivity contribution in [1.82, 2.24) is 9.44 Å². The first-order chi connectivity index (χ1) is 33.7. The summed E-state index contributed by atoms with van der Waals surface area (Å²) < 4.78 is 62.0. The number of nitrogens with two attached hydrogens (primary N) is 1. The zero-order valence-electron chi connectivity index (χ0n) is 44.7. The molecule has 3 aromatic rings. The van der Waals surface area contributed by atoms with E-state index in [1.807, 2.05) is 97.9 Å². The molecule has 75 heavy (non-hydrogen) atoms. The number of hydrogen-bond donors (Lipinski definition) is 4. The monoisotopic (exact) mass is 1270 g/mol. The standard InChI is InChI=1S/C18H27NO4S.C14H20BrNO2S.C14H19NO3.C4H7O2.C2H6O.3CH4.BrH.Zn/c1-6-23-16(20)10-14-7-8-15(13(2)9-14)18(11-22-12-18)19-24(21)17(3,4)5;1-10-7-11(15)5-6-12(10)14(8-18-9-14)16-19(17)13(2,3)4;1-3-18-13(16)7-11-4-5-12(10(2)6-11)14(15)8-17-9-14;1-3-6-4(2)5;1-2-3;;;;;/h7-9,19H,6,10-12H2,1-5H3;5-7,16H,8-9H2,1-4H3;4-6H,3,7-9,15H2,1-2H3;2-3H2,1H3;3H,2H2,1H3;3*1H4;1H;/q;;;-1;;;;;;+2/p-1. The van der Waals surface area contributed by atoms with Crippen LogP contribution in [0, 0.1) is 27.7 Å². The number of carbonyl (C=O) groups is 3. The van der Waals surface area contributed by atoms with E-state index in [4.69, 9.17) is 34.5 Å². The summed E-state index contributed by atoms with van der Waals surface area (Å²) in [6.45, 7) is 32.5. The number of rotatable bonds is 14. The zero-order chi connectivity index (χ0) is 55.1. The Balaban J connectivity index is -0.000000932. The molecule has 0 amide bonds. The Bertz CT molecular complexity index is 2230. The number of esters is 3. The van der Waals surface area contributed by atoms with E-state index in [2.05, 4.69) is 69.7 Å². The fraction of sp³-hybridized carbons (Fsp3) is 0.600. The van der Waals surface area contributed by atoms with Gasteiger partial charge in [-0.2, -0.15) is 0 Å². The number of benzene rings is 3. The Hall–Kier alpha value is -2.46. The van der Waals surface area contributed by atoms with E-state index in [0.717, 1.165) is 37.9 Å². The van der Waals surface area contributed by atoms with Gasteiger partial charge < -0.3 is 39.3 Å². The van der Waals surface area contributed by atoms with E-state index in [0.29, 0.717) is 65.9 Å². The molecule has 2 unspecified atom stereocenters. The minimum atomic E-state index is -1.19. The Kier molecular flexibility index (Phi) is 37.5. The van der Waals surface area contributed by atoms with E-state index in [1.165, 1.54) is 27.5 Å². The van der Waals surface area contributed by atoms with Crippen LogP contribution in [0.4, 0.5) is 0 Å². The second kappa shape index (κ2) is 36.7. The molecule has 0 radical (unpaired) electrons. The van der Waals surface area contributed by atoms with E-state index >= 15 is 0 Å². The molecule has 0 bridgehead atoms. The van der Waals surface area contributed by atoms with Gasteiger partial charge in [-0.15, -0.1) is 0 Å². The van der Waals surface area contributed by atoms with E-state index in [9.17, 15) is 22.8 Å². The molecule has 3 aromatic carbocycles. The molecule has 6 rings (SSSR count). The predicted molar refractivity (Wildman–Crippen MR) is 310 cm³/mol. The van der Waals surface area contributed by atoms with Gasteiger partial charge in [0, 0.05) is 11.1 Å². The number of ether oxygens (including phenoxy) is 6. The molecule has 5 N–H and O–H groups in total. The quantitative estimate of drug-likeness (QED) is 0.0513. The second-order valence-corrected chi connectivity index (χ2v) is 24.0. The third-order valence-electron chi connectivity index (χ3n) is 10.8. The molecule has 0 aromatic heterocycles. The van der Waals surface area contributed by atoms with Gasteiger partial charge in [-0.05, 0) is 147 Å². The molecule has 3 heterocycles. The Morgan fingerprint density at radius 2 is 0.960 bits per heavy atom. The molecule has 3 aliphatic rings. The van der Waals surface area contributed by atoms with Gasteiger partial charge in [0.2, 0.25) is 0 Å². The molecule has 20 heteroatoms. The maximum absolute atomic E-state index is 12.5. The molecular weight excluding hydrogens is 1180 g/mol. The Labute approximate surface area is 481 Å². The van der Waals surface area contributed by atoms with Crippen LogP contribution in [0.2, 0.25) is 0 Å². The van der Waals surface area contributed by atoms with Crippen molar-refractivity contribution in [2.24, 2.45) is 5.73 Å². The van der Waals surface area contributed by atoms with Crippen LogP contribution in [-0.2, 0) is 111 Å². The molecule has 3 aliphatic heterocycles. The van der Waals surface area contributed by atoms with Crippen LogP contribution in [0.5, 0.6) is 0 Å². The van der Waals surface area contributed by atoms with E-state index in [1.54, 1.807) is 27.7 Å². The van der Waals surface area contributed by atoms with Gasteiger partial charge in [0.05, 0.1) is 109 Å². The Morgan fingerprint density at radius 3 is 1.20 bits per heavy atom. The van der Waals surface area contributed by atoms with Crippen LogP contribution < -0.4 is 15.2 Å². The van der Waals surface area contributed by atoms with Crippen molar-refractivity contribution in [3.05, 3.63) is 111 Å². The number of aliphatic hydroxyl groups is 1. The van der Waals surface area contributed by atoms with Crippen molar-refractivity contribution in [1.29, 1.82) is 0 Å². The van der Waals surface area contributed by atoms with Crippen molar-refractivity contribution < 1.29 is 72.7 Å². The van der Waals surface area contributed by atoms with Crippen LogP contribution in [0.3, 0.4) is 0 Å². The first-order valence-corrected chi connectivity index (χ1v) is 33.8. The van der Waals surface area contributed by atoms with Gasteiger partial charge in [-0.1, -0.05) is 80.7 Å². The molecule has 0 spiro atoms. The minimum absolute atomic E-state index is 0. The van der Waals surface area contributed by atoms with Crippen molar-refractivity contribution in [2.45, 2.75) is 151 Å². The fourth-order valence-electron chi connectivity index (χ4n) is 7.14. The summed E-state index contributed by atoms with van der Waals surface area (Å²) in [5.41, 5.74) is 13.6. The molecule has 2 atom stereocenters. The number of carbonyl (C=O) groups excluding carboxylic acids is 3. The number of aliphatic hydroxyl groups excluding tert-OH is 1. The van der Waals surface area contributed by atoms with Gasteiger partial charge in [0.1, 0.15) is 11.1 Å². The average Bonchev–Trinajstić information content (AvgIpc) is 3.24. The van der Waals surface area contributed by atoms with Crippen LogP contribution >= 0.6 is 29.6 Å². The molecule has 0 saturated carbocycles. The van der Waals surface area contributed by atoms with Gasteiger partial charge in [0.15, 0.2) is 5.97 Å². The van der Waals surface area contributed by atoms with Gasteiger partial charge in [0.25, 0.3) is 0 Å². The number of nitrogens with one attached hydrogen (secondary N) is 2. The van der Waals surface area contributed by atoms with Crippen LogP contribution in [0.1, 0.15) is 136 Å². The molecule has 0 aliphatic carbocycles. The van der Waals surface area contributed by atoms with Crippen molar-refractivity contribution in [3.63, 3.8) is 0 Å². The predicted octanol–water partition coefficient (Wildman–Crippen LogP) is 9.83. The molecule has 3 saturated heterocycles. The van der Waals surface area contributed by atoms with E-state index in [-0.39, 0.29) is 67.8 Å². The first-order valence-electron chi connectivity index (χ1n) is 23.7. The summed E-state index contributed by atoms with van der Waals surface area (Å²) >= 11 is 7.72. The zero-order valence-corrected chi connectivity index (χ0v) is 52.5. The molecule has 15 nitrogen and oxygen atoms in total. The normalized spacial score (nSPS) is 15.8. The fourth-order valence-corrected chi connectivity index (χ4v) is 9.39. The number of hydrogen-bond acceptors (Lipinski definition) is 13. The SMILES string of the molecule is C.C.C.CCO.CCOC(=O)Cc1ccc(C2(N)COC2)c(C)c1.CCOC(=O)Cc1ccc(C2(NS(=O)C(C)(C)C)COC2)c(C)c1.Cc1cc(Br)ccc1C1(NS(=O)C(C)(C)C)COC1.[CH2-]C(=O)OCC.[Zn+][Br]. The summed E-state index contributed by atoms with van der Waals surface area (Å²) in [7, 11) is -2.30. The van der Waals surface area contributed by atoms with Gasteiger partial charge in [-0.25, -0.2) is 17.9 Å². The summed E-state index contributed by atoms with van der Waals surface area (Å²) in [5.74, 6) is -0.880. The van der Waals surface area contributed by atoms with Crippen LogP contribution in [0.15, 0.2) is 59.1 Å². The second-order valence-electron chi connectivity index (χ2n) is 19.1. The van der Waals surface area contributed by atoms with Crippen molar-refractivity contribution in [2.75, 3.05) is 66.1 Å². The van der Waals surface area contributed by atoms with Crippen molar-refractivity contribution in [3.8, 4) is 0 Å². The van der Waals surface area contributed by atoms with E-state index < -0.39 is 33.5 Å². The van der Waals surface area contributed by atoms with Crippen LogP contribution in [-0.4, -0.2) is 107 Å². The maximum atomic E-state index is 12.5. The third kappa shape index (κ3) is 25.0.